The molecule has 1 aromatic heterocycles. The molecule has 1 N–H and O–H groups in total. The van der Waals surface area contributed by atoms with E-state index in [-0.39, 0.29) is 11.8 Å². The molecule has 2 saturated heterocycles. The van der Waals surface area contributed by atoms with Crippen molar-refractivity contribution in [3.8, 4) is 0 Å². The van der Waals surface area contributed by atoms with Gasteiger partial charge in [0.15, 0.2) is 5.84 Å². The summed E-state index contributed by atoms with van der Waals surface area (Å²) in [6, 6.07) is 13.4. The van der Waals surface area contributed by atoms with Crippen molar-refractivity contribution in [3.05, 3.63) is 70.6 Å². The Kier molecular flexibility index (Phi) is 7.81. The van der Waals surface area contributed by atoms with E-state index in [2.05, 4.69) is 10.3 Å². The number of amidine groups is 1. The lowest BCUT2D eigenvalue weighted by atomic mass is 9.95. The summed E-state index contributed by atoms with van der Waals surface area (Å²) in [7, 11) is 0. The highest BCUT2D eigenvalue weighted by atomic mass is 35.5. The van der Waals surface area contributed by atoms with Crippen molar-refractivity contribution >= 4 is 34.8 Å². The summed E-state index contributed by atoms with van der Waals surface area (Å²) in [5, 5.41) is 3.81. The molecule has 4 heterocycles. The van der Waals surface area contributed by atoms with E-state index >= 15 is 0 Å². The minimum absolute atomic E-state index is 0.0990. The number of carbonyl (C=O) groups excluding carboxylic acids is 2. The minimum Gasteiger partial charge on any atom is -0.381 e. The Morgan fingerprint density at radius 2 is 1.87 bits per heavy atom. The molecular weight excluding hydrogens is 502 g/mol. The number of nitrogens with zero attached hydrogens (tertiary/aromatic N) is 4. The van der Waals surface area contributed by atoms with Crippen LogP contribution in [0.15, 0.2) is 53.7 Å². The standard InChI is InChI=1S/C29H34ClN5O3/c1-29(2)19-34(27(36)25-8-4-7-24(33-25)20-10-15-38-16-11-20)13-14-35(29)28(37)26-31-12-9-22(18-32-26)21-5-3-6-23(30)17-21/h3-8,17-18,20H,9-16,19H2,1-2H3,(H,31,32). The molecule has 0 aliphatic carbocycles. The number of hydrogen-bond donors (Lipinski definition) is 1. The average molecular weight is 536 g/mol. The van der Waals surface area contributed by atoms with Crippen LogP contribution < -0.4 is 5.32 Å². The summed E-state index contributed by atoms with van der Waals surface area (Å²) in [6.07, 6.45) is 4.40. The van der Waals surface area contributed by atoms with Gasteiger partial charge in [0.2, 0.25) is 0 Å². The minimum atomic E-state index is -0.570. The van der Waals surface area contributed by atoms with Gasteiger partial charge in [-0.1, -0.05) is 29.8 Å². The lowest BCUT2D eigenvalue weighted by molar-refractivity contribution is -0.132. The molecule has 0 spiro atoms. The van der Waals surface area contributed by atoms with Gasteiger partial charge in [0, 0.05) is 62.2 Å². The second kappa shape index (κ2) is 11.3. The normalized spacial score (nSPS) is 20.2. The largest absolute Gasteiger partial charge is 0.381 e. The van der Waals surface area contributed by atoms with Crippen LogP contribution in [0, 0.1) is 0 Å². The predicted octanol–water partition coefficient (Wildman–Crippen LogP) is 4.12. The lowest BCUT2D eigenvalue weighted by Crippen LogP contribution is -2.64. The summed E-state index contributed by atoms with van der Waals surface area (Å²) in [6.45, 7) is 7.20. The SMILES string of the molecule is CC1(C)CN(C(=O)c2cccc(C3CCOCC3)n2)CCN1C(=O)C1=NCCC(c2cccc(Cl)c2)=CN1. The van der Waals surface area contributed by atoms with Crippen molar-refractivity contribution in [1.82, 2.24) is 20.1 Å². The number of amides is 2. The van der Waals surface area contributed by atoms with E-state index in [9.17, 15) is 9.59 Å². The van der Waals surface area contributed by atoms with Crippen LogP contribution in [0.4, 0.5) is 0 Å². The van der Waals surface area contributed by atoms with Crippen molar-refractivity contribution in [1.29, 1.82) is 0 Å². The Labute approximate surface area is 228 Å². The third-order valence-electron chi connectivity index (χ3n) is 7.50. The topological polar surface area (TPSA) is 87.1 Å². The number of aliphatic imine (C=N–C) groups is 1. The van der Waals surface area contributed by atoms with Gasteiger partial charge < -0.3 is 19.9 Å². The third kappa shape index (κ3) is 5.76. The van der Waals surface area contributed by atoms with Crippen LogP contribution in [0.25, 0.3) is 5.57 Å². The Morgan fingerprint density at radius 3 is 2.63 bits per heavy atom. The Morgan fingerprint density at radius 1 is 1.08 bits per heavy atom. The first-order valence-electron chi connectivity index (χ1n) is 13.2. The second-order valence-corrected chi connectivity index (χ2v) is 11.1. The molecule has 0 atom stereocenters. The van der Waals surface area contributed by atoms with Gasteiger partial charge in [-0.05, 0) is 68.5 Å². The molecule has 0 unspecified atom stereocenters. The number of nitrogens with one attached hydrogen (secondary N) is 1. The Balaban J connectivity index is 1.25. The highest BCUT2D eigenvalue weighted by Crippen LogP contribution is 2.27. The van der Waals surface area contributed by atoms with E-state index < -0.39 is 5.54 Å². The molecule has 1 aromatic carbocycles. The first-order valence-corrected chi connectivity index (χ1v) is 13.6. The zero-order chi connectivity index (χ0) is 26.7. The number of hydrogen-bond acceptors (Lipinski definition) is 6. The van der Waals surface area contributed by atoms with E-state index in [1.165, 1.54) is 0 Å². The highest BCUT2D eigenvalue weighted by molar-refractivity contribution is 6.38. The molecule has 2 amide bonds. The molecule has 38 heavy (non-hydrogen) atoms. The van der Waals surface area contributed by atoms with Gasteiger partial charge in [-0.15, -0.1) is 0 Å². The summed E-state index contributed by atoms with van der Waals surface area (Å²) in [5.41, 5.74) is 2.90. The molecule has 9 heteroatoms. The molecule has 0 saturated carbocycles. The Hall–Kier alpha value is -3.23. The molecule has 0 bridgehead atoms. The van der Waals surface area contributed by atoms with Crippen molar-refractivity contribution in [3.63, 3.8) is 0 Å². The third-order valence-corrected chi connectivity index (χ3v) is 7.73. The van der Waals surface area contributed by atoms with E-state index in [1.54, 1.807) is 11.0 Å². The number of carbonyl (C=O) groups is 2. The molecule has 2 fully saturated rings. The van der Waals surface area contributed by atoms with Gasteiger partial charge in [0.1, 0.15) is 5.69 Å². The van der Waals surface area contributed by atoms with Crippen molar-refractivity contribution < 1.29 is 14.3 Å². The van der Waals surface area contributed by atoms with Crippen molar-refractivity contribution in [2.24, 2.45) is 4.99 Å². The molecular formula is C29H34ClN5O3. The summed E-state index contributed by atoms with van der Waals surface area (Å²) in [5.74, 6) is 0.382. The Bertz CT molecular complexity index is 1270. The fourth-order valence-electron chi connectivity index (χ4n) is 5.39. The molecule has 2 aromatic rings. The number of aromatic nitrogens is 1. The quantitative estimate of drug-likeness (QED) is 0.636. The summed E-state index contributed by atoms with van der Waals surface area (Å²) < 4.78 is 5.47. The first-order chi connectivity index (χ1) is 18.3. The van der Waals surface area contributed by atoms with Gasteiger partial charge >= 0.3 is 0 Å². The molecule has 8 nitrogen and oxygen atoms in total. The molecule has 3 aliphatic rings. The van der Waals surface area contributed by atoms with Crippen LogP contribution in [0.3, 0.4) is 0 Å². The van der Waals surface area contributed by atoms with E-state index in [0.29, 0.717) is 55.1 Å². The number of pyridine rings is 1. The maximum Gasteiger partial charge on any atom is 0.289 e. The molecule has 0 radical (unpaired) electrons. The first kappa shape index (κ1) is 26.4. The van der Waals surface area contributed by atoms with Gasteiger partial charge in [-0.3, -0.25) is 14.6 Å². The van der Waals surface area contributed by atoms with Crippen LogP contribution in [0.1, 0.15) is 60.8 Å². The van der Waals surface area contributed by atoms with E-state index in [1.807, 2.05) is 61.3 Å². The van der Waals surface area contributed by atoms with Crippen LogP contribution in [-0.2, 0) is 9.53 Å². The van der Waals surface area contributed by atoms with Gasteiger partial charge in [-0.25, -0.2) is 4.98 Å². The maximum absolute atomic E-state index is 13.5. The number of ether oxygens (including phenoxy) is 1. The van der Waals surface area contributed by atoms with Gasteiger partial charge in [0.05, 0.1) is 5.54 Å². The monoisotopic (exact) mass is 535 g/mol. The van der Waals surface area contributed by atoms with E-state index in [4.69, 9.17) is 21.3 Å². The average Bonchev–Trinajstić information content (AvgIpc) is 3.19. The predicted molar refractivity (Wildman–Crippen MR) is 148 cm³/mol. The van der Waals surface area contributed by atoms with Gasteiger partial charge in [-0.2, -0.15) is 0 Å². The maximum atomic E-state index is 13.5. The number of rotatable bonds is 4. The van der Waals surface area contributed by atoms with Crippen LogP contribution in [0.5, 0.6) is 0 Å². The lowest BCUT2D eigenvalue weighted by Gasteiger charge is -2.47. The fraction of sp³-hybridized carbons (Fsp3) is 0.448. The molecule has 200 valence electrons. The smallest absolute Gasteiger partial charge is 0.289 e. The van der Waals surface area contributed by atoms with Crippen LogP contribution >= 0.6 is 11.6 Å². The number of piperazine rings is 1. The second-order valence-electron chi connectivity index (χ2n) is 10.6. The summed E-state index contributed by atoms with van der Waals surface area (Å²) >= 11 is 6.16. The van der Waals surface area contributed by atoms with Gasteiger partial charge in [0.25, 0.3) is 11.8 Å². The van der Waals surface area contributed by atoms with Crippen molar-refractivity contribution in [2.75, 3.05) is 39.4 Å². The van der Waals surface area contributed by atoms with Crippen LogP contribution in [-0.4, -0.2) is 77.4 Å². The van der Waals surface area contributed by atoms with E-state index in [0.717, 1.165) is 42.9 Å². The highest BCUT2D eigenvalue weighted by Gasteiger charge is 2.40. The zero-order valence-electron chi connectivity index (χ0n) is 22.0. The molecule has 5 rings (SSSR count). The summed E-state index contributed by atoms with van der Waals surface area (Å²) in [4.78, 5) is 39.9. The number of halogens is 1. The molecule has 3 aliphatic heterocycles. The van der Waals surface area contributed by atoms with Crippen LogP contribution in [0.2, 0.25) is 5.02 Å². The fourth-order valence-corrected chi connectivity index (χ4v) is 5.58. The van der Waals surface area contributed by atoms with Crippen molar-refractivity contribution in [2.45, 2.75) is 44.6 Å². The number of benzene rings is 1. The zero-order valence-corrected chi connectivity index (χ0v) is 22.7.